The Bertz CT molecular complexity index is 644. The van der Waals surface area contributed by atoms with Crippen molar-refractivity contribution in [2.24, 2.45) is 0 Å². The Hall–Kier alpha value is -2.55. The minimum atomic E-state index is -0.241. The molecule has 0 saturated carbocycles. The van der Waals surface area contributed by atoms with E-state index in [1.54, 1.807) is 0 Å². The van der Waals surface area contributed by atoms with E-state index in [-0.39, 0.29) is 12.1 Å². The van der Waals surface area contributed by atoms with Crippen LogP contribution in [0.3, 0.4) is 0 Å². The highest BCUT2D eigenvalue weighted by Crippen LogP contribution is 2.17. The van der Waals surface area contributed by atoms with Gasteiger partial charge in [0.05, 0.1) is 0 Å². The van der Waals surface area contributed by atoms with E-state index in [1.807, 2.05) is 48.5 Å². The second kappa shape index (κ2) is 6.94. The largest absolute Gasteiger partial charge is 0.489 e. The molecule has 22 heavy (non-hydrogen) atoms. The Balaban J connectivity index is 1.48. The monoisotopic (exact) mass is 294 g/mol. The van der Waals surface area contributed by atoms with E-state index in [0.29, 0.717) is 6.61 Å². The van der Waals surface area contributed by atoms with Gasteiger partial charge in [-0.15, -0.1) is 0 Å². The predicted octanol–water partition coefficient (Wildman–Crippen LogP) is 3.68. The molecule has 1 aliphatic rings. The van der Waals surface area contributed by atoms with Crippen LogP contribution in [-0.2, 0) is 22.6 Å². The highest BCUT2D eigenvalue weighted by molar-refractivity contribution is 5.84. The van der Waals surface area contributed by atoms with E-state index >= 15 is 0 Å². The van der Waals surface area contributed by atoms with Gasteiger partial charge in [0, 0.05) is 6.08 Å². The van der Waals surface area contributed by atoms with Crippen LogP contribution < -0.4 is 4.74 Å². The summed E-state index contributed by atoms with van der Waals surface area (Å²) in [5.41, 5.74) is 2.37. The molecule has 0 radical (unpaired) electrons. The Morgan fingerprint density at radius 2 is 1.73 bits per heavy atom. The predicted molar refractivity (Wildman–Crippen MR) is 84.6 cm³/mol. The highest BCUT2D eigenvalue weighted by atomic mass is 16.5. The molecular formula is C19H18O3. The van der Waals surface area contributed by atoms with Crippen molar-refractivity contribution in [3.05, 3.63) is 77.9 Å². The van der Waals surface area contributed by atoms with Crippen LogP contribution in [0.5, 0.6) is 5.75 Å². The fraction of sp³-hybridized carbons (Fsp3) is 0.211. The van der Waals surface area contributed by atoms with E-state index in [2.05, 4.69) is 12.1 Å². The summed E-state index contributed by atoms with van der Waals surface area (Å²) in [5, 5.41) is 0. The van der Waals surface area contributed by atoms with Gasteiger partial charge in [-0.3, -0.25) is 0 Å². The van der Waals surface area contributed by atoms with Crippen molar-refractivity contribution in [1.82, 2.24) is 0 Å². The molecule has 2 aromatic carbocycles. The third-order valence-electron chi connectivity index (χ3n) is 3.60. The minimum absolute atomic E-state index is 0.0819. The average Bonchev–Trinajstić information content (AvgIpc) is 2.98. The Labute approximate surface area is 130 Å². The van der Waals surface area contributed by atoms with Gasteiger partial charge in [0.25, 0.3) is 0 Å². The number of carbonyl (C=O) groups excluding carboxylic acids is 1. The number of aryl methyl sites for hydroxylation is 1. The standard InChI is InChI=1S/C19H18O3/c20-19-13-12-18(22-19)11-8-15-6-9-17(10-7-15)21-14-16-4-2-1-3-5-16/h1-7,9-10,12-13,18H,8,11,14H2/t18-/m1/s1. The van der Waals surface area contributed by atoms with E-state index < -0.39 is 0 Å². The quantitative estimate of drug-likeness (QED) is 0.762. The lowest BCUT2D eigenvalue weighted by Crippen LogP contribution is -2.08. The number of hydrogen-bond donors (Lipinski definition) is 0. The number of hydrogen-bond acceptors (Lipinski definition) is 3. The molecule has 0 aromatic heterocycles. The first-order valence-electron chi connectivity index (χ1n) is 7.44. The van der Waals surface area contributed by atoms with Crippen molar-refractivity contribution >= 4 is 5.97 Å². The number of rotatable bonds is 6. The zero-order valence-electron chi connectivity index (χ0n) is 12.3. The second-order valence-electron chi connectivity index (χ2n) is 5.29. The topological polar surface area (TPSA) is 35.5 Å². The number of carbonyl (C=O) groups is 1. The van der Waals surface area contributed by atoms with Crippen molar-refractivity contribution in [3.63, 3.8) is 0 Å². The van der Waals surface area contributed by atoms with Crippen LogP contribution >= 0.6 is 0 Å². The summed E-state index contributed by atoms with van der Waals surface area (Å²) in [6.07, 6.45) is 4.92. The van der Waals surface area contributed by atoms with Crippen LogP contribution in [0.4, 0.5) is 0 Å². The maximum Gasteiger partial charge on any atom is 0.331 e. The van der Waals surface area contributed by atoms with Gasteiger partial charge in [0.2, 0.25) is 0 Å². The normalized spacial score (nSPS) is 16.5. The van der Waals surface area contributed by atoms with Gasteiger partial charge in [-0.1, -0.05) is 42.5 Å². The summed E-state index contributed by atoms with van der Waals surface area (Å²) >= 11 is 0. The third-order valence-corrected chi connectivity index (χ3v) is 3.60. The molecule has 0 spiro atoms. The van der Waals surface area contributed by atoms with Gasteiger partial charge in [0.15, 0.2) is 0 Å². The summed E-state index contributed by atoms with van der Waals surface area (Å²) in [6.45, 7) is 0.572. The molecule has 0 bridgehead atoms. The first-order chi connectivity index (χ1) is 10.8. The summed E-state index contributed by atoms with van der Waals surface area (Å²) < 4.78 is 10.9. The number of benzene rings is 2. The molecule has 112 valence electrons. The minimum Gasteiger partial charge on any atom is -0.489 e. The molecule has 3 heteroatoms. The van der Waals surface area contributed by atoms with E-state index in [0.717, 1.165) is 24.2 Å². The van der Waals surface area contributed by atoms with Gasteiger partial charge < -0.3 is 9.47 Å². The Morgan fingerprint density at radius 1 is 0.955 bits per heavy atom. The van der Waals surface area contributed by atoms with Gasteiger partial charge >= 0.3 is 5.97 Å². The molecule has 1 aliphatic heterocycles. The zero-order chi connectivity index (χ0) is 15.2. The molecule has 1 atom stereocenters. The lowest BCUT2D eigenvalue weighted by molar-refractivity contribution is -0.138. The van der Waals surface area contributed by atoms with E-state index in [4.69, 9.17) is 9.47 Å². The molecular weight excluding hydrogens is 276 g/mol. The molecule has 2 aromatic rings. The molecule has 0 saturated heterocycles. The van der Waals surface area contributed by atoms with Crippen molar-refractivity contribution in [2.45, 2.75) is 25.6 Å². The maximum absolute atomic E-state index is 11.0. The molecule has 0 fully saturated rings. The smallest absolute Gasteiger partial charge is 0.331 e. The van der Waals surface area contributed by atoms with Crippen molar-refractivity contribution in [2.75, 3.05) is 0 Å². The number of cyclic esters (lactones) is 1. The average molecular weight is 294 g/mol. The van der Waals surface area contributed by atoms with Crippen LogP contribution in [0.15, 0.2) is 66.7 Å². The summed E-state index contributed by atoms with van der Waals surface area (Å²) in [6, 6.07) is 18.2. The van der Waals surface area contributed by atoms with Crippen molar-refractivity contribution in [3.8, 4) is 5.75 Å². The first-order valence-corrected chi connectivity index (χ1v) is 7.44. The molecule has 0 unspecified atom stereocenters. The van der Waals surface area contributed by atoms with Crippen molar-refractivity contribution in [1.29, 1.82) is 0 Å². The van der Waals surface area contributed by atoms with E-state index in [9.17, 15) is 4.79 Å². The first kappa shape index (κ1) is 14.4. The van der Waals surface area contributed by atoms with Crippen LogP contribution in [0, 0.1) is 0 Å². The lowest BCUT2D eigenvalue weighted by Gasteiger charge is -2.09. The van der Waals surface area contributed by atoms with Crippen molar-refractivity contribution < 1.29 is 14.3 Å². The summed E-state index contributed by atoms with van der Waals surface area (Å²) in [7, 11) is 0. The van der Waals surface area contributed by atoms with Gasteiger partial charge in [0.1, 0.15) is 18.5 Å². The molecule has 0 aliphatic carbocycles. The lowest BCUT2D eigenvalue weighted by atomic mass is 10.1. The van der Waals surface area contributed by atoms with Crippen LogP contribution in [0.2, 0.25) is 0 Å². The number of esters is 1. The second-order valence-corrected chi connectivity index (χ2v) is 5.29. The summed E-state index contributed by atoms with van der Waals surface area (Å²) in [5.74, 6) is 0.620. The molecule has 0 N–H and O–H groups in total. The van der Waals surface area contributed by atoms with Gasteiger partial charge in [-0.2, -0.15) is 0 Å². The summed E-state index contributed by atoms with van der Waals surface area (Å²) in [4.78, 5) is 11.0. The molecule has 3 rings (SSSR count). The molecule has 0 amide bonds. The molecule has 1 heterocycles. The van der Waals surface area contributed by atoms with Gasteiger partial charge in [-0.25, -0.2) is 4.79 Å². The Kier molecular flexibility index (Phi) is 4.54. The van der Waals surface area contributed by atoms with Crippen LogP contribution in [0.1, 0.15) is 17.5 Å². The fourth-order valence-electron chi connectivity index (χ4n) is 2.37. The Morgan fingerprint density at radius 3 is 2.41 bits per heavy atom. The van der Waals surface area contributed by atoms with Gasteiger partial charge in [-0.05, 0) is 42.2 Å². The molecule has 3 nitrogen and oxygen atoms in total. The SMILES string of the molecule is O=C1C=C[C@@H](CCc2ccc(OCc3ccccc3)cc2)O1. The van der Waals surface area contributed by atoms with Crippen LogP contribution in [0.25, 0.3) is 0 Å². The maximum atomic E-state index is 11.0. The highest BCUT2D eigenvalue weighted by Gasteiger charge is 2.15. The van der Waals surface area contributed by atoms with Crippen LogP contribution in [-0.4, -0.2) is 12.1 Å². The fourth-order valence-corrected chi connectivity index (χ4v) is 2.37. The number of ether oxygens (including phenoxy) is 2. The van der Waals surface area contributed by atoms with E-state index in [1.165, 1.54) is 11.6 Å². The third kappa shape index (κ3) is 3.98. The zero-order valence-corrected chi connectivity index (χ0v) is 12.3.